The predicted octanol–water partition coefficient (Wildman–Crippen LogP) is 2.67. The average molecular weight is 213 g/mol. The van der Waals surface area contributed by atoms with Crippen LogP contribution in [0.25, 0.3) is 0 Å². The van der Waals surface area contributed by atoms with Gasteiger partial charge in [0.15, 0.2) is 0 Å². The lowest BCUT2D eigenvalue weighted by Crippen LogP contribution is -2.19. The van der Waals surface area contributed by atoms with E-state index in [-0.39, 0.29) is 0 Å². The molecule has 0 saturated heterocycles. The van der Waals surface area contributed by atoms with Gasteiger partial charge in [-0.1, -0.05) is 25.4 Å². The van der Waals surface area contributed by atoms with Gasteiger partial charge in [0.05, 0.1) is 0 Å². The molecule has 1 rings (SSSR count). The van der Waals surface area contributed by atoms with Crippen molar-refractivity contribution in [1.82, 2.24) is 5.32 Å². The van der Waals surface area contributed by atoms with Gasteiger partial charge in [0.2, 0.25) is 0 Å². The molecule has 0 aliphatic heterocycles. The highest BCUT2D eigenvalue weighted by Crippen LogP contribution is 2.17. The van der Waals surface area contributed by atoms with Crippen LogP contribution in [0.1, 0.15) is 19.4 Å². The van der Waals surface area contributed by atoms with Crippen LogP contribution < -0.4 is 11.1 Å². The van der Waals surface area contributed by atoms with Crippen molar-refractivity contribution in [2.75, 3.05) is 12.3 Å². The van der Waals surface area contributed by atoms with Crippen LogP contribution in [-0.4, -0.2) is 6.54 Å². The maximum Gasteiger partial charge on any atom is 0.0410 e. The smallest absolute Gasteiger partial charge is 0.0410 e. The van der Waals surface area contributed by atoms with E-state index in [1.54, 1.807) is 0 Å². The number of nitrogens with two attached hydrogens (primary N) is 1. The van der Waals surface area contributed by atoms with E-state index in [0.717, 1.165) is 29.4 Å². The summed E-state index contributed by atoms with van der Waals surface area (Å²) in [5.41, 5.74) is 7.67. The summed E-state index contributed by atoms with van der Waals surface area (Å²) < 4.78 is 0. The Labute approximate surface area is 90.4 Å². The molecule has 0 aromatic heterocycles. The van der Waals surface area contributed by atoms with Gasteiger partial charge in [-0.25, -0.2) is 0 Å². The first-order valence-corrected chi connectivity index (χ1v) is 5.22. The highest BCUT2D eigenvalue weighted by molar-refractivity contribution is 6.30. The van der Waals surface area contributed by atoms with Crippen molar-refractivity contribution in [3.8, 4) is 0 Å². The van der Waals surface area contributed by atoms with Crippen molar-refractivity contribution in [3.05, 3.63) is 28.8 Å². The van der Waals surface area contributed by atoms with Crippen LogP contribution in [0.5, 0.6) is 0 Å². The van der Waals surface area contributed by atoms with Gasteiger partial charge in [-0.2, -0.15) is 0 Å². The molecule has 1 aromatic rings. The Kier molecular flexibility index (Phi) is 4.23. The maximum absolute atomic E-state index is 5.87. The van der Waals surface area contributed by atoms with E-state index >= 15 is 0 Å². The second-order valence-electron chi connectivity index (χ2n) is 3.87. The molecule has 1 aromatic carbocycles. The van der Waals surface area contributed by atoms with Gasteiger partial charge >= 0.3 is 0 Å². The molecule has 0 heterocycles. The van der Waals surface area contributed by atoms with Crippen LogP contribution in [-0.2, 0) is 6.54 Å². The number of anilines is 1. The SMILES string of the molecule is CC(C)CNCc1cc(Cl)ccc1N. The molecular formula is C11H17ClN2. The van der Waals surface area contributed by atoms with Crippen LogP contribution in [0.2, 0.25) is 5.02 Å². The van der Waals surface area contributed by atoms with E-state index in [4.69, 9.17) is 17.3 Å². The minimum Gasteiger partial charge on any atom is -0.398 e. The highest BCUT2D eigenvalue weighted by Gasteiger charge is 2.00. The molecule has 0 radical (unpaired) electrons. The molecule has 0 unspecified atom stereocenters. The second-order valence-corrected chi connectivity index (χ2v) is 4.30. The summed E-state index contributed by atoms with van der Waals surface area (Å²) in [5, 5.41) is 4.07. The third-order valence-electron chi connectivity index (χ3n) is 1.97. The Morgan fingerprint density at radius 2 is 2.14 bits per heavy atom. The highest BCUT2D eigenvalue weighted by atomic mass is 35.5. The number of hydrogen-bond acceptors (Lipinski definition) is 2. The number of benzene rings is 1. The number of rotatable bonds is 4. The molecule has 0 saturated carbocycles. The lowest BCUT2D eigenvalue weighted by atomic mass is 10.1. The van der Waals surface area contributed by atoms with Gasteiger partial charge in [0.25, 0.3) is 0 Å². The molecule has 3 N–H and O–H groups in total. The van der Waals surface area contributed by atoms with Crippen LogP contribution in [0.15, 0.2) is 18.2 Å². The zero-order chi connectivity index (χ0) is 10.6. The third kappa shape index (κ3) is 3.56. The van der Waals surface area contributed by atoms with E-state index in [1.807, 2.05) is 18.2 Å². The Morgan fingerprint density at radius 1 is 1.43 bits per heavy atom. The largest absolute Gasteiger partial charge is 0.398 e. The molecule has 0 amide bonds. The number of nitrogen functional groups attached to an aromatic ring is 1. The molecule has 2 nitrogen and oxygen atoms in total. The van der Waals surface area contributed by atoms with Crippen LogP contribution in [0.3, 0.4) is 0 Å². The monoisotopic (exact) mass is 212 g/mol. The van der Waals surface area contributed by atoms with E-state index < -0.39 is 0 Å². The van der Waals surface area contributed by atoms with Crippen molar-refractivity contribution in [2.24, 2.45) is 5.92 Å². The summed E-state index contributed by atoms with van der Waals surface area (Å²) in [6.45, 7) is 6.12. The maximum atomic E-state index is 5.87. The molecule has 0 fully saturated rings. The molecule has 0 atom stereocenters. The van der Waals surface area contributed by atoms with Gasteiger partial charge in [0.1, 0.15) is 0 Å². The van der Waals surface area contributed by atoms with Crippen LogP contribution in [0, 0.1) is 5.92 Å². The fourth-order valence-corrected chi connectivity index (χ4v) is 1.42. The van der Waals surface area contributed by atoms with Crippen molar-refractivity contribution in [3.63, 3.8) is 0 Å². The molecule has 14 heavy (non-hydrogen) atoms. The molecule has 0 aliphatic carbocycles. The fourth-order valence-electron chi connectivity index (χ4n) is 1.22. The lowest BCUT2D eigenvalue weighted by Gasteiger charge is -2.09. The van der Waals surface area contributed by atoms with Gasteiger partial charge in [-0.3, -0.25) is 0 Å². The Morgan fingerprint density at radius 3 is 2.79 bits per heavy atom. The number of nitrogens with one attached hydrogen (secondary N) is 1. The number of hydrogen-bond donors (Lipinski definition) is 2. The topological polar surface area (TPSA) is 38.0 Å². The summed E-state index contributed by atoms with van der Waals surface area (Å²) in [4.78, 5) is 0. The van der Waals surface area contributed by atoms with Gasteiger partial charge in [-0.05, 0) is 36.2 Å². The zero-order valence-corrected chi connectivity index (χ0v) is 9.43. The zero-order valence-electron chi connectivity index (χ0n) is 8.68. The number of halogens is 1. The Hall–Kier alpha value is -0.730. The quantitative estimate of drug-likeness (QED) is 0.754. The third-order valence-corrected chi connectivity index (χ3v) is 2.21. The van der Waals surface area contributed by atoms with E-state index in [0.29, 0.717) is 5.92 Å². The van der Waals surface area contributed by atoms with E-state index in [2.05, 4.69) is 19.2 Å². The minimum absolute atomic E-state index is 0.649. The molecule has 0 aliphatic rings. The Balaban J connectivity index is 2.53. The van der Waals surface area contributed by atoms with Crippen molar-refractivity contribution in [1.29, 1.82) is 0 Å². The van der Waals surface area contributed by atoms with E-state index in [9.17, 15) is 0 Å². The lowest BCUT2D eigenvalue weighted by molar-refractivity contribution is 0.553. The molecular weight excluding hydrogens is 196 g/mol. The van der Waals surface area contributed by atoms with Crippen LogP contribution >= 0.6 is 11.6 Å². The van der Waals surface area contributed by atoms with Crippen molar-refractivity contribution >= 4 is 17.3 Å². The first-order valence-electron chi connectivity index (χ1n) is 4.84. The summed E-state index contributed by atoms with van der Waals surface area (Å²) in [5.74, 6) is 0.649. The molecule has 0 spiro atoms. The Bertz CT molecular complexity index is 297. The first kappa shape index (κ1) is 11.3. The summed E-state index contributed by atoms with van der Waals surface area (Å²) in [7, 11) is 0. The summed E-state index contributed by atoms with van der Waals surface area (Å²) in [6.07, 6.45) is 0. The van der Waals surface area contributed by atoms with Gasteiger partial charge in [0, 0.05) is 17.3 Å². The molecule has 0 bridgehead atoms. The van der Waals surface area contributed by atoms with Gasteiger partial charge in [-0.15, -0.1) is 0 Å². The summed E-state index contributed by atoms with van der Waals surface area (Å²) in [6, 6.07) is 5.56. The van der Waals surface area contributed by atoms with Crippen molar-refractivity contribution < 1.29 is 0 Å². The van der Waals surface area contributed by atoms with Crippen molar-refractivity contribution in [2.45, 2.75) is 20.4 Å². The van der Waals surface area contributed by atoms with Gasteiger partial charge < -0.3 is 11.1 Å². The van der Waals surface area contributed by atoms with Crippen LogP contribution in [0.4, 0.5) is 5.69 Å². The summed E-state index contributed by atoms with van der Waals surface area (Å²) >= 11 is 5.87. The second kappa shape index (κ2) is 5.23. The molecule has 78 valence electrons. The fraction of sp³-hybridized carbons (Fsp3) is 0.455. The predicted molar refractivity (Wildman–Crippen MR) is 62.4 cm³/mol. The molecule has 3 heteroatoms. The standard InChI is InChI=1S/C11H17ClN2/c1-8(2)6-14-7-9-5-10(12)3-4-11(9)13/h3-5,8,14H,6-7,13H2,1-2H3. The minimum atomic E-state index is 0.649. The van der Waals surface area contributed by atoms with E-state index in [1.165, 1.54) is 0 Å². The average Bonchev–Trinajstić information content (AvgIpc) is 2.10. The first-order chi connectivity index (χ1) is 6.59. The normalized spacial score (nSPS) is 10.9.